The fraction of sp³-hybridized carbons (Fsp3) is 0.167. The van der Waals surface area contributed by atoms with Crippen LogP contribution in [0.1, 0.15) is 12.0 Å². The predicted molar refractivity (Wildman–Crippen MR) is 93.6 cm³/mol. The van der Waals surface area contributed by atoms with Gasteiger partial charge in [0.25, 0.3) is 0 Å². The summed E-state index contributed by atoms with van der Waals surface area (Å²) in [4.78, 5) is 22.1. The second-order valence-electron chi connectivity index (χ2n) is 4.11. The maximum Gasteiger partial charge on any atom is 0.305 e. The van der Waals surface area contributed by atoms with Crippen molar-refractivity contribution >= 4 is 73.5 Å². The summed E-state index contributed by atoms with van der Waals surface area (Å²) in [5.74, 6) is -1.86. The lowest BCUT2D eigenvalue weighted by molar-refractivity contribution is -0.138. The van der Waals surface area contributed by atoms with Crippen molar-refractivity contribution in [3.8, 4) is 0 Å². The summed E-state index contributed by atoms with van der Waals surface area (Å²) in [6, 6.07) is 3.27. The van der Waals surface area contributed by atoms with Crippen molar-refractivity contribution < 1.29 is 19.1 Å². The van der Waals surface area contributed by atoms with Gasteiger partial charge in [0.2, 0.25) is 5.91 Å². The van der Waals surface area contributed by atoms with Gasteiger partial charge in [-0.1, -0.05) is 17.8 Å². The minimum Gasteiger partial charge on any atom is -0.481 e. The van der Waals surface area contributed by atoms with Crippen molar-refractivity contribution in [2.75, 3.05) is 0 Å². The number of carbonyl (C=O) groups is 2. The molecule has 10 heteroatoms. The molecule has 6 nitrogen and oxygen atoms in total. The highest BCUT2D eigenvalue weighted by atomic mass is 127. The van der Waals surface area contributed by atoms with Crippen molar-refractivity contribution in [3.63, 3.8) is 0 Å². The molecule has 1 saturated heterocycles. The largest absolute Gasteiger partial charge is 0.481 e. The second kappa shape index (κ2) is 7.51. The lowest BCUT2D eigenvalue weighted by atomic mass is 10.2. The van der Waals surface area contributed by atoms with Gasteiger partial charge in [-0.2, -0.15) is 5.10 Å². The van der Waals surface area contributed by atoms with Crippen LogP contribution in [0.3, 0.4) is 0 Å². The molecule has 0 aliphatic carbocycles. The number of carboxylic acid groups (broad SMARTS) is 1. The molecule has 0 radical (unpaired) electrons. The van der Waals surface area contributed by atoms with E-state index >= 15 is 0 Å². The van der Waals surface area contributed by atoms with E-state index < -0.39 is 17.1 Å². The number of carbonyl (C=O) groups excluding carboxylic acids is 1. The van der Waals surface area contributed by atoms with Gasteiger partial charge in [-0.05, 0) is 44.6 Å². The minimum absolute atomic E-state index is 0.217. The van der Waals surface area contributed by atoms with Crippen LogP contribution in [0, 0.1) is 9.39 Å². The van der Waals surface area contributed by atoms with Crippen LogP contribution in [-0.2, 0) is 9.59 Å². The zero-order valence-electron chi connectivity index (χ0n) is 10.7. The van der Waals surface area contributed by atoms with Crippen LogP contribution in [0.15, 0.2) is 26.8 Å². The normalized spacial score (nSPS) is 19.9. The maximum atomic E-state index is 13.7. The summed E-state index contributed by atoms with van der Waals surface area (Å²) < 4.78 is 14.4. The molecule has 0 spiro atoms. The molecular weight excluding hydrogens is 492 g/mol. The van der Waals surface area contributed by atoms with Crippen molar-refractivity contribution in [1.29, 1.82) is 0 Å². The molecule has 1 atom stereocenters. The van der Waals surface area contributed by atoms with Gasteiger partial charge in [0.05, 0.1) is 17.1 Å². The third kappa shape index (κ3) is 4.26. The molecule has 116 valence electrons. The summed E-state index contributed by atoms with van der Waals surface area (Å²) in [5, 5.41) is 18.2. The third-order valence-corrected chi connectivity index (χ3v) is 5.26. The van der Waals surface area contributed by atoms with E-state index in [0.29, 0.717) is 9.13 Å². The Hall–Kier alpha value is -1.01. The molecule has 0 saturated carbocycles. The molecule has 0 aromatic heterocycles. The molecule has 1 aliphatic rings. The standard InChI is InChI=1S/C12H8BrFIN3O3S/c13-9-5(1-2-6(15)10(9)14)4-16-18-12-17-11(21)7(22-12)3-8(19)20/h1-2,4,7H,3H2,(H,19,20)(H,17,18,21). The van der Waals surface area contributed by atoms with Gasteiger partial charge < -0.3 is 10.4 Å². The van der Waals surface area contributed by atoms with Crippen LogP contribution in [0.4, 0.5) is 4.39 Å². The Morgan fingerprint density at radius 2 is 2.32 bits per heavy atom. The van der Waals surface area contributed by atoms with Crippen molar-refractivity contribution in [2.45, 2.75) is 11.7 Å². The van der Waals surface area contributed by atoms with Crippen molar-refractivity contribution in [2.24, 2.45) is 10.2 Å². The molecule has 2 N–H and O–H groups in total. The average Bonchev–Trinajstić information content (AvgIpc) is 2.78. The first-order chi connectivity index (χ1) is 10.4. The lowest BCUT2D eigenvalue weighted by Gasteiger charge is -2.00. The number of aliphatic carboxylic acids is 1. The Bertz CT molecular complexity index is 698. The highest BCUT2D eigenvalue weighted by Gasteiger charge is 2.32. The lowest BCUT2D eigenvalue weighted by Crippen LogP contribution is -2.26. The van der Waals surface area contributed by atoms with E-state index in [9.17, 15) is 14.0 Å². The molecule has 2 rings (SSSR count). The summed E-state index contributed by atoms with van der Waals surface area (Å²) in [7, 11) is 0. The molecule has 1 fully saturated rings. The van der Waals surface area contributed by atoms with E-state index in [0.717, 1.165) is 11.8 Å². The quantitative estimate of drug-likeness (QED) is 0.288. The summed E-state index contributed by atoms with van der Waals surface area (Å²) in [6.07, 6.45) is 1.06. The highest BCUT2D eigenvalue weighted by molar-refractivity contribution is 14.1. The molecule has 1 unspecified atom stereocenters. The van der Waals surface area contributed by atoms with Crippen LogP contribution in [0.5, 0.6) is 0 Å². The molecule has 22 heavy (non-hydrogen) atoms. The smallest absolute Gasteiger partial charge is 0.305 e. The Morgan fingerprint density at radius 3 is 3.00 bits per heavy atom. The number of amides is 1. The molecule has 1 aromatic rings. The van der Waals surface area contributed by atoms with Crippen LogP contribution < -0.4 is 5.32 Å². The number of hydrogen-bond acceptors (Lipinski definition) is 5. The van der Waals surface area contributed by atoms with E-state index in [-0.39, 0.29) is 21.9 Å². The molecular formula is C12H8BrFIN3O3S. The van der Waals surface area contributed by atoms with Crippen molar-refractivity contribution in [1.82, 2.24) is 5.32 Å². The number of halogens is 3. The van der Waals surface area contributed by atoms with Crippen molar-refractivity contribution in [3.05, 3.63) is 31.6 Å². The number of nitrogens with one attached hydrogen (secondary N) is 1. The zero-order valence-corrected chi connectivity index (χ0v) is 15.3. The number of carboxylic acids is 1. The predicted octanol–water partition coefficient (Wildman–Crippen LogP) is 2.59. The first kappa shape index (κ1) is 17.3. The van der Waals surface area contributed by atoms with Crippen LogP contribution in [-0.4, -0.2) is 33.6 Å². The van der Waals surface area contributed by atoms with Gasteiger partial charge in [-0.3, -0.25) is 9.59 Å². The van der Waals surface area contributed by atoms with Gasteiger partial charge in [-0.15, -0.1) is 5.10 Å². The van der Waals surface area contributed by atoms with Crippen LogP contribution in [0.25, 0.3) is 0 Å². The first-order valence-electron chi connectivity index (χ1n) is 5.82. The Morgan fingerprint density at radius 1 is 1.59 bits per heavy atom. The van der Waals surface area contributed by atoms with E-state index in [1.807, 2.05) is 22.6 Å². The number of amidine groups is 1. The van der Waals surface area contributed by atoms with E-state index in [2.05, 4.69) is 31.4 Å². The summed E-state index contributed by atoms with van der Waals surface area (Å²) >= 11 is 6.00. The number of nitrogens with zero attached hydrogens (tertiary/aromatic N) is 2. The first-order valence-corrected chi connectivity index (χ1v) is 8.57. The van der Waals surface area contributed by atoms with Gasteiger partial charge in [-0.25, -0.2) is 4.39 Å². The Kier molecular flexibility index (Phi) is 5.92. The molecule has 0 bridgehead atoms. The van der Waals surface area contributed by atoms with Crippen LogP contribution >= 0.6 is 50.3 Å². The number of hydrogen-bond donors (Lipinski definition) is 2. The molecule has 1 aliphatic heterocycles. The highest BCUT2D eigenvalue weighted by Crippen LogP contribution is 2.24. The fourth-order valence-electron chi connectivity index (χ4n) is 1.53. The minimum atomic E-state index is -1.06. The SMILES string of the molecule is O=C(O)CC1SC(=NN=Cc2ccc(I)c(F)c2Br)NC1=O. The van der Waals surface area contributed by atoms with Gasteiger partial charge in [0.1, 0.15) is 5.25 Å². The average molecular weight is 500 g/mol. The van der Waals surface area contributed by atoms with Gasteiger partial charge in [0.15, 0.2) is 11.0 Å². The summed E-state index contributed by atoms with van der Waals surface area (Å²) in [5.41, 5.74) is 0.499. The van der Waals surface area contributed by atoms with Gasteiger partial charge >= 0.3 is 5.97 Å². The molecule has 1 aromatic carbocycles. The fourth-order valence-corrected chi connectivity index (χ4v) is 3.71. The molecule has 1 amide bonds. The zero-order chi connectivity index (χ0) is 16.3. The Labute approximate surface area is 150 Å². The topological polar surface area (TPSA) is 91.1 Å². The number of benzene rings is 1. The summed E-state index contributed by atoms with van der Waals surface area (Å²) in [6.45, 7) is 0. The monoisotopic (exact) mass is 499 g/mol. The van der Waals surface area contributed by atoms with E-state index in [1.165, 1.54) is 6.21 Å². The van der Waals surface area contributed by atoms with E-state index in [1.54, 1.807) is 12.1 Å². The second-order valence-corrected chi connectivity index (χ2v) is 7.25. The third-order valence-electron chi connectivity index (χ3n) is 2.55. The maximum absolute atomic E-state index is 13.7. The Balaban J connectivity index is 2.08. The number of thioether (sulfide) groups is 1. The van der Waals surface area contributed by atoms with Crippen LogP contribution in [0.2, 0.25) is 0 Å². The van der Waals surface area contributed by atoms with Gasteiger partial charge in [0, 0.05) is 9.13 Å². The molecule has 1 heterocycles. The number of rotatable bonds is 4. The van der Waals surface area contributed by atoms with E-state index in [4.69, 9.17) is 5.11 Å².